The Bertz CT molecular complexity index is 757. The van der Waals surface area contributed by atoms with Crippen LogP contribution >= 0.6 is 11.3 Å². The van der Waals surface area contributed by atoms with Gasteiger partial charge in [-0.2, -0.15) is 0 Å². The smallest absolute Gasteiger partial charge is 0.237 e. The van der Waals surface area contributed by atoms with Crippen molar-refractivity contribution >= 4 is 17.2 Å². The first-order chi connectivity index (χ1) is 12.1. The number of amides is 1. The van der Waals surface area contributed by atoms with Crippen molar-refractivity contribution in [1.82, 2.24) is 4.90 Å². The number of likely N-dealkylation sites (N-methyl/N-ethyl adjacent to an activating group) is 1. The van der Waals surface area contributed by atoms with Crippen LogP contribution in [0.4, 0.5) is 0 Å². The number of carbonyl (C=O) groups excluding carboxylic acids is 1. The molecule has 0 radical (unpaired) electrons. The van der Waals surface area contributed by atoms with Crippen LogP contribution in [0.3, 0.4) is 0 Å². The summed E-state index contributed by atoms with van der Waals surface area (Å²) in [5.74, 6) is 0.126. The summed E-state index contributed by atoms with van der Waals surface area (Å²) >= 11 is 1.74. The molecule has 0 fully saturated rings. The normalized spacial score (nSPS) is 11.3. The zero-order valence-electron chi connectivity index (χ0n) is 14.7. The molecule has 0 aliphatic rings. The number of thiophene rings is 1. The van der Waals surface area contributed by atoms with E-state index in [2.05, 4.69) is 17.5 Å². The maximum Gasteiger partial charge on any atom is 0.237 e. The molecule has 0 aliphatic carbocycles. The van der Waals surface area contributed by atoms with Gasteiger partial charge in [0.05, 0.1) is 5.41 Å². The van der Waals surface area contributed by atoms with Crippen LogP contribution in [0.25, 0.3) is 0 Å². The maximum atomic E-state index is 13.5. The van der Waals surface area contributed by atoms with Crippen LogP contribution in [-0.4, -0.2) is 24.4 Å². The Labute approximate surface area is 153 Å². The van der Waals surface area contributed by atoms with Crippen molar-refractivity contribution < 1.29 is 4.79 Å². The molecule has 2 nitrogen and oxygen atoms in total. The zero-order chi connectivity index (χ0) is 17.7. The van der Waals surface area contributed by atoms with Gasteiger partial charge in [-0.25, -0.2) is 0 Å². The molecule has 2 aromatic carbocycles. The van der Waals surface area contributed by atoms with Gasteiger partial charge in [-0.3, -0.25) is 4.79 Å². The largest absolute Gasteiger partial charge is 0.344 e. The number of hydrogen-bond acceptors (Lipinski definition) is 2. The lowest BCUT2D eigenvalue weighted by Crippen LogP contribution is -2.44. The van der Waals surface area contributed by atoms with Crippen LogP contribution in [-0.2, 0) is 16.6 Å². The minimum Gasteiger partial charge on any atom is -0.344 e. The van der Waals surface area contributed by atoms with Crippen molar-refractivity contribution in [3.63, 3.8) is 0 Å². The summed E-state index contributed by atoms with van der Waals surface area (Å²) in [4.78, 5) is 16.6. The van der Waals surface area contributed by atoms with Gasteiger partial charge >= 0.3 is 0 Å². The molecule has 0 atom stereocenters. The predicted molar refractivity (Wildman–Crippen MR) is 105 cm³/mol. The van der Waals surface area contributed by atoms with Gasteiger partial charge in [0.25, 0.3) is 0 Å². The molecule has 25 heavy (non-hydrogen) atoms. The minimum absolute atomic E-state index is 0.126. The lowest BCUT2D eigenvalue weighted by molar-refractivity contribution is -0.134. The highest BCUT2D eigenvalue weighted by molar-refractivity contribution is 7.09. The van der Waals surface area contributed by atoms with Crippen LogP contribution in [0.15, 0.2) is 78.2 Å². The summed E-state index contributed by atoms with van der Waals surface area (Å²) in [5, 5.41) is 2.08. The van der Waals surface area contributed by atoms with Crippen LogP contribution in [0.5, 0.6) is 0 Å². The third-order valence-electron chi connectivity index (χ3n) is 4.75. The van der Waals surface area contributed by atoms with E-state index >= 15 is 0 Å². The first-order valence-corrected chi connectivity index (χ1v) is 9.39. The fraction of sp³-hybridized carbons (Fsp3) is 0.227. The van der Waals surface area contributed by atoms with Gasteiger partial charge in [-0.1, -0.05) is 66.7 Å². The van der Waals surface area contributed by atoms with Crippen LogP contribution in [0.1, 0.15) is 22.9 Å². The van der Waals surface area contributed by atoms with Crippen molar-refractivity contribution in [2.75, 3.05) is 13.6 Å². The summed E-state index contributed by atoms with van der Waals surface area (Å²) in [6.45, 7) is 2.75. The highest BCUT2D eigenvalue weighted by Crippen LogP contribution is 2.33. The average Bonchev–Trinajstić information content (AvgIpc) is 3.20. The van der Waals surface area contributed by atoms with E-state index < -0.39 is 5.41 Å². The van der Waals surface area contributed by atoms with Crippen molar-refractivity contribution in [2.45, 2.75) is 18.8 Å². The first kappa shape index (κ1) is 17.4. The molecule has 1 amide bonds. The Morgan fingerprint density at radius 1 is 0.920 bits per heavy atom. The molecular weight excluding hydrogens is 326 g/mol. The molecule has 3 rings (SSSR count). The highest BCUT2D eigenvalue weighted by atomic mass is 32.1. The third kappa shape index (κ3) is 3.67. The Kier molecular flexibility index (Phi) is 5.34. The van der Waals surface area contributed by atoms with Crippen molar-refractivity contribution in [1.29, 1.82) is 0 Å². The summed E-state index contributed by atoms with van der Waals surface area (Å²) < 4.78 is 0. The van der Waals surface area contributed by atoms with E-state index in [1.54, 1.807) is 11.3 Å². The number of benzene rings is 2. The van der Waals surface area contributed by atoms with Crippen LogP contribution < -0.4 is 0 Å². The van der Waals surface area contributed by atoms with Gasteiger partial charge in [0, 0.05) is 18.5 Å². The fourth-order valence-corrected chi connectivity index (χ4v) is 3.87. The topological polar surface area (TPSA) is 20.3 Å². The average molecular weight is 349 g/mol. The zero-order valence-corrected chi connectivity index (χ0v) is 15.5. The van der Waals surface area contributed by atoms with Gasteiger partial charge in [0.2, 0.25) is 5.91 Å². The number of nitrogens with zero attached hydrogens (tertiary/aromatic N) is 1. The van der Waals surface area contributed by atoms with Crippen molar-refractivity contribution in [3.05, 3.63) is 94.2 Å². The van der Waals surface area contributed by atoms with E-state index in [4.69, 9.17) is 0 Å². The SMILES string of the molecule is CN(CCc1cccs1)C(=O)C(C)(c1ccccc1)c1ccccc1. The Morgan fingerprint density at radius 3 is 1.96 bits per heavy atom. The van der Waals surface area contributed by atoms with E-state index in [-0.39, 0.29) is 5.91 Å². The molecule has 0 bridgehead atoms. The molecule has 0 saturated heterocycles. The Morgan fingerprint density at radius 2 is 1.48 bits per heavy atom. The van der Waals surface area contributed by atoms with Crippen LogP contribution in [0.2, 0.25) is 0 Å². The molecule has 3 heteroatoms. The van der Waals surface area contributed by atoms with E-state index in [9.17, 15) is 4.79 Å². The second kappa shape index (κ2) is 7.66. The van der Waals surface area contributed by atoms with Gasteiger partial charge in [0.1, 0.15) is 0 Å². The molecule has 128 valence electrons. The standard InChI is InChI=1S/C22H23NOS/c1-22(18-10-5-3-6-11-18,19-12-7-4-8-13-19)21(24)23(2)16-15-20-14-9-17-25-20/h3-14,17H,15-16H2,1-2H3. The number of rotatable bonds is 6. The summed E-state index contributed by atoms with van der Waals surface area (Å²) in [5.41, 5.74) is 1.36. The minimum atomic E-state index is -0.688. The predicted octanol–water partition coefficient (Wildman–Crippen LogP) is 4.76. The summed E-state index contributed by atoms with van der Waals surface area (Å²) in [6, 6.07) is 24.3. The van der Waals surface area contributed by atoms with E-state index in [0.29, 0.717) is 6.54 Å². The molecular formula is C22H23NOS. The Balaban J connectivity index is 1.90. The molecule has 0 unspecified atom stereocenters. The van der Waals surface area contributed by atoms with Crippen molar-refractivity contribution in [2.24, 2.45) is 0 Å². The second-order valence-corrected chi connectivity index (χ2v) is 7.45. The highest BCUT2D eigenvalue weighted by Gasteiger charge is 2.38. The molecule has 0 aliphatic heterocycles. The van der Waals surface area contributed by atoms with Gasteiger partial charge < -0.3 is 4.90 Å². The third-order valence-corrected chi connectivity index (χ3v) is 5.69. The molecule has 0 saturated carbocycles. The van der Waals surface area contributed by atoms with Crippen molar-refractivity contribution in [3.8, 4) is 0 Å². The van der Waals surface area contributed by atoms with Crippen LogP contribution in [0, 0.1) is 0 Å². The van der Waals surface area contributed by atoms with Gasteiger partial charge in [0.15, 0.2) is 0 Å². The van der Waals surface area contributed by atoms with E-state index in [1.165, 1.54) is 4.88 Å². The molecule has 1 heterocycles. The van der Waals surface area contributed by atoms with E-state index in [0.717, 1.165) is 17.5 Å². The lowest BCUT2D eigenvalue weighted by Gasteiger charge is -2.34. The number of carbonyl (C=O) groups is 1. The second-order valence-electron chi connectivity index (χ2n) is 6.41. The quantitative estimate of drug-likeness (QED) is 0.628. The van der Waals surface area contributed by atoms with Gasteiger partial charge in [-0.05, 0) is 35.9 Å². The van der Waals surface area contributed by atoms with E-state index in [1.807, 2.05) is 79.5 Å². The molecule has 0 N–H and O–H groups in total. The Hall–Kier alpha value is -2.39. The molecule has 0 spiro atoms. The van der Waals surface area contributed by atoms with Gasteiger partial charge in [-0.15, -0.1) is 11.3 Å². The maximum absolute atomic E-state index is 13.5. The molecule has 3 aromatic rings. The first-order valence-electron chi connectivity index (χ1n) is 8.51. The summed E-state index contributed by atoms with van der Waals surface area (Å²) in [6.07, 6.45) is 0.888. The summed E-state index contributed by atoms with van der Waals surface area (Å²) in [7, 11) is 1.90. The molecule has 1 aromatic heterocycles. The lowest BCUT2D eigenvalue weighted by atomic mass is 9.75. The fourth-order valence-electron chi connectivity index (χ4n) is 3.17. The number of hydrogen-bond donors (Lipinski definition) is 0. The monoisotopic (exact) mass is 349 g/mol.